The Morgan fingerprint density at radius 2 is 1.86 bits per heavy atom. The van der Waals surface area contributed by atoms with E-state index in [9.17, 15) is 22.7 Å². The van der Waals surface area contributed by atoms with E-state index in [1.54, 1.807) is 0 Å². The number of sulfonamides is 1. The highest BCUT2D eigenvalue weighted by atomic mass is 32.2. The normalized spacial score (nSPS) is 11.4. The predicted octanol–water partition coefficient (Wildman–Crippen LogP) is 2.28. The molecule has 0 aromatic heterocycles. The number of halogens is 1. The molecule has 0 amide bonds. The van der Waals surface area contributed by atoms with E-state index in [4.69, 9.17) is 4.74 Å². The molecule has 0 aliphatic heterocycles. The molecular weight excluding hydrogens is 385 g/mol. The van der Waals surface area contributed by atoms with Crippen molar-refractivity contribution in [1.82, 2.24) is 4.72 Å². The number of unbranched alkanes of at least 4 members (excludes halogenated alkanes) is 2. The number of nitrogens with one attached hydrogen (secondary N) is 1. The smallest absolute Gasteiger partial charge is 0.243 e. The van der Waals surface area contributed by atoms with Crippen LogP contribution in [0.15, 0.2) is 47.4 Å². The van der Waals surface area contributed by atoms with Crippen LogP contribution in [-0.2, 0) is 16.4 Å². The molecule has 0 radical (unpaired) electrons. The molecule has 2 aromatic rings. The SMILES string of the molecule is CCCCCOc1ccc(CCNS(=O)(=O)c2cc(C(=O)[O-])ccc2F)cc1. The van der Waals surface area contributed by atoms with Crippen LogP contribution in [0.2, 0.25) is 0 Å². The third-order valence-electron chi connectivity index (χ3n) is 4.10. The number of carbonyl (C=O) groups is 1. The minimum Gasteiger partial charge on any atom is -0.545 e. The molecule has 0 heterocycles. The lowest BCUT2D eigenvalue weighted by molar-refractivity contribution is -0.255. The summed E-state index contributed by atoms with van der Waals surface area (Å²) in [6.07, 6.45) is 3.62. The molecule has 0 saturated carbocycles. The van der Waals surface area contributed by atoms with Gasteiger partial charge in [0.1, 0.15) is 16.5 Å². The Kier molecular flexibility index (Phi) is 7.95. The molecule has 2 aromatic carbocycles. The first-order valence-corrected chi connectivity index (χ1v) is 10.5. The summed E-state index contributed by atoms with van der Waals surface area (Å²) in [5, 5.41) is 10.9. The molecule has 152 valence electrons. The fourth-order valence-electron chi connectivity index (χ4n) is 2.54. The van der Waals surface area contributed by atoms with E-state index in [1.165, 1.54) is 0 Å². The molecule has 0 unspecified atom stereocenters. The zero-order chi connectivity index (χ0) is 20.6. The molecule has 0 aliphatic rings. The fraction of sp³-hybridized carbons (Fsp3) is 0.350. The first-order valence-electron chi connectivity index (χ1n) is 9.06. The van der Waals surface area contributed by atoms with Crippen LogP contribution in [0.4, 0.5) is 4.39 Å². The van der Waals surface area contributed by atoms with Gasteiger partial charge >= 0.3 is 0 Å². The molecule has 0 aliphatic carbocycles. The van der Waals surface area contributed by atoms with Gasteiger partial charge in [-0.25, -0.2) is 17.5 Å². The van der Waals surface area contributed by atoms with Crippen molar-refractivity contribution in [2.24, 2.45) is 0 Å². The molecule has 1 N–H and O–H groups in total. The topological polar surface area (TPSA) is 95.5 Å². The van der Waals surface area contributed by atoms with E-state index in [-0.39, 0.29) is 6.54 Å². The molecule has 0 fully saturated rings. The van der Waals surface area contributed by atoms with Gasteiger partial charge in [0.25, 0.3) is 0 Å². The Balaban J connectivity index is 1.92. The average molecular weight is 408 g/mol. The van der Waals surface area contributed by atoms with Crippen molar-refractivity contribution in [3.63, 3.8) is 0 Å². The molecule has 0 atom stereocenters. The van der Waals surface area contributed by atoms with Crippen LogP contribution in [0, 0.1) is 5.82 Å². The van der Waals surface area contributed by atoms with Crippen molar-refractivity contribution in [1.29, 1.82) is 0 Å². The Hall–Kier alpha value is -2.45. The van der Waals surface area contributed by atoms with Crippen LogP contribution < -0.4 is 14.6 Å². The van der Waals surface area contributed by atoms with Gasteiger partial charge in [-0.2, -0.15) is 0 Å². The lowest BCUT2D eigenvalue weighted by Crippen LogP contribution is -2.28. The lowest BCUT2D eigenvalue weighted by Gasteiger charge is -2.10. The van der Waals surface area contributed by atoms with Gasteiger partial charge in [0.2, 0.25) is 10.0 Å². The van der Waals surface area contributed by atoms with Crippen LogP contribution in [0.1, 0.15) is 42.1 Å². The first kappa shape index (κ1) is 21.8. The average Bonchev–Trinajstić information content (AvgIpc) is 2.66. The fourth-order valence-corrected chi connectivity index (χ4v) is 3.67. The van der Waals surface area contributed by atoms with Crippen molar-refractivity contribution in [3.05, 3.63) is 59.4 Å². The van der Waals surface area contributed by atoms with Crippen LogP contribution in [0.25, 0.3) is 0 Å². The van der Waals surface area contributed by atoms with E-state index < -0.39 is 32.3 Å². The van der Waals surface area contributed by atoms with Gasteiger partial charge in [0.15, 0.2) is 0 Å². The summed E-state index contributed by atoms with van der Waals surface area (Å²) >= 11 is 0. The highest BCUT2D eigenvalue weighted by Gasteiger charge is 2.19. The van der Waals surface area contributed by atoms with Gasteiger partial charge in [-0.3, -0.25) is 0 Å². The monoisotopic (exact) mass is 408 g/mol. The largest absolute Gasteiger partial charge is 0.545 e. The standard InChI is InChI=1S/C20H24FNO5S/c1-2-3-4-13-27-17-8-5-15(6-9-17)11-12-22-28(25,26)19-14-16(20(23)24)7-10-18(19)21/h5-10,14,22H,2-4,11-13H2,1H3,(H,23,24)/p-1. The Bertz CT molecular complexity index is 897. The molecule has 6 nitrogen and oxygen atoms in total. The van der Waals surface area contributed by atoms with Gasteiger partial charge in [-0.05, 0) is 48.2 Å². The maximum Gasteiger partial charge on any atom is 0.243 e. The Morgan fingerprint density at radius 1 is 1.14 bits per heavy atom. The summed E-state index contributed by atoms with van der Waals surface area (Å²) < 4.78 is 46.2. The predicted molar refractivity (Wildman–Crippen MR) is 101 cm³/mol. The van der Waals surface area contributed by atoms with Crippen molar-refractivity contribution in [2.45, 2.75) is 37.5 Å². The van der Waals surface area contributed by atoms with Crippen molar-refractivity contribution in [2.75, 3.05) is 13.2 Å². The maximum atomic E-state index is 13.8. The second-order valence-electron chi connectivity index (χ2n) is 6.28. The second kappa shape index (κ2) is 10.2. The highest BCUT2D eigenvalue weighted by molar-refractivity contribution is 7.89. The summed E-state index contributed by atoms with van der Waals surface area (Å²) in [6.45, 7) is 2.81. The molecule has 2 rings (SSSR count). The van der Waals surface area contributed by atoms with Crippen molar-refractivity contribution >= 4 is 16.0 Å². The maximum absolute atomic E-state index is 13.8. The number of carboxylic acid groups (broad SMARTS) is 1. The number of benzene rings is 2. The lowest BCUT2D eigenvalue weighted by atomic mass is 10.1. The highest BCUT2D eigenvalue weighted by Crippen LogP contribution is 2.17. The summed E-state index contributed by atoms with van der Waals surface area (Å²) in [6, 6.07) is 9.80. The third-order valence-corrected chi connectivity index (χ3v) is 5.58. The summed E-state index contributed by atoms with van der Waals surface area (Å²) in [5.74, 6) is -1.85. The van der Waals surface area contributed by atoms with E-state index in [2.05, 4.69) is 11.6 Å². The molecule has 28 heavy (non-hydrogen) atoms. The van der Waals surface area contributed by atoms with Crippen molar-refractivity contribution in [3.8, 4) is 5.75 Å². The van der Waals surface area contributed by atoms with Crippen LogP contribution in [0.5, 0.6) is 5.75 Å². The van der Waals surface area contributed by atoms with Gasteiger partial charge in [0.05, 0.1) is 12.6 Å². The minimum absolute atomic E-state index is 0.0357. The van der Waals surface area contributed by atoms with Gasteiger partial charge in [-0.1, -0.05) is 38.0 Å². The van der Waals surface area contributed by atoms with E-state index in [0.717, 1.165) is 48.8 Å². The van der Waals surface area contributed by atoms with E-state index >= 15 is 0 Å². The zero-order valence-corrected chi connectivity index (χ0v) is 16.4. The Morgan fingerprint density at radius 3 is 2.50 bits per heavy atom. The molecule has 8 heteroatoms. The molecular formula is C20H23FNO5S-. The number of carboxylic acids is 1. The Labute approximate surface area is 164 Å². The van der Waals surface area contributed by atoms with Gasteiger partial charge in [-0.15, -0.1) is 0 Å². The quantitative estimate of drug-likeness (QED) is 0.576. The minimum atomic E-state index is -4.18. The number of hydrogen-bond donors (Lipinski definition) is 1. The number of hydrogen-bond acceptors (Lipinski definition) is 5. The van der Waals surface area contributed by atoms with E-state index in [1.807, 2.05) is 24.3 Å². The van der Waals surface area contributed by atoms with Crippen LogP contribution in [-0.4, -0.2) is 27.5 Å². The summed E-state index contributed by atoms with van der Waals surface area (Å²) in [4.78, 5) is 10.1. The first-order chi connectivity index (χ1) is 13.3. The number of rotatable bonds is 11. The van der Waals surface area contributed by atoms with Gasteiger partial charge < -0.3 is 14.6 Å². The molecule has 0 saturated heterocycles. The summed E-state index contributed by atoms with van der Waals surface area (Å²) in [5.41, 5.74) is 0.476. The van der Waals surface area contributed by atoms with E-state index in [0.29, 0.717) is 13.0 Å². The number of ether oxygens (including phenoxy) is 1. The molecule has 0 bridgehead atoms. The zero-order valence-electron chi connectivity index (χ0n) is 15.6. The van der Waals surface area contributed by atoms with Crippen LogP contribution in [0.3, 0.4) is 0 Å². The van der Waals surface area contributed by atoms with Gasteiger partial charge in [0, 0.05) is 6.54 Å². The summed E-state index contributed by atoms with van der Waals surface area (Å²) in [7, 11) is -4.18. The third kappa shape index (κ3) is 6.31. The van der Waals surface area contributed by atoms with Crippen LogP contribution >= 0.6 is 0 Å². The van der Waals surface area contributed by atoms with Crippen molar-refractivity contribution < 1.29 is 27.4 Å². The number of carbonyl (C=O) groups excluding carboxylic acids is 1. The molecule has 0 spiro atoms. The second-order valence-corrected chi connectivity index (χ2v) is 8.02. The number of aromatic carboxylic acids is 1.